The molecular formula is C25H27N5O4. The lowest BCUT2D eigenvalue weighted by Gasteiger charge is -2.16. The number of benzene rings is 2. The van der Waals surface area contributed by atoms with Crippen LogP contribution in [0.3, 0.4) is 0 Å². The highest BCUT2D eigenvalue weighted by Crippen LogP contribution is 2.23. The smallest absolute Gasteiger partial charge is 0.326 e. The molecule has 9 nitrogen and oxygen atoms in total. The maximum absolute atomic E-state index is 13.1. The third-order valence-corrected chi connectivity index (χ3v) is 5.30. The number of amides is 1. The summed E-state index contributed by atoms with van der Waals surface area (Å²) in [7, 11) is 0. The van der Waals surface area contributed by atoms with Crippen LogP contribution in [-0.4, -0.2) is 40.1 Å². The third-order valence-electron chi connectivity index (χ3n) is 5.30. The molecule has 0 aliphatic carbocycles. The molecule has 34 heavy (non-hydrogen) atoms. The first kappa shape index (κ1) is 24.2. The highest BCUT2D eigenvalue weighted by Gasteiger charge is 2.22. The van der Waals surface area contributed by atoms with Crippen LogP contribution in [0.1, 0.15) is 28.8 Å². The number of rotatable bonds is 10. The minimum atomic E-state index is -1.20. The highest BCUT2D eigenvalue weighted by molar-refractivity contribution is 5.96. The number of pyridine rings is 1. The molecule has 1 atom stereocenters. The second kappa shape index (κ2) is 11.5. The Bertz CT molecular complexity index is 1220. The van der Waals surface area contributed by atoms with Crippen LogP contribution in [0.2, 0.25) is 0 Å². The number of aromatic nitrogens is 1. The van der Waals surface area contributed by atoms with Gasteiger partial charge in [-0.2, -0.15) is 0 Å². The van der Waals surface area contributed by atoms with Gasteiger partial charge in [0.05, 0.1) is 6.54 Å². The summed E-state index contributed by atoms with van der Waals surface area (Å²) in [5.74, 6) is -2.17. The number of nitrogens with zero attached hydrogens (tertiary/aromatic N) is 1. The van der Waals surface area contributed by atoms with Gasteiger partial charge >= 0.3 is 5.97 Å². The molecule has 1 aromatic heterocycles. The predicted molar refractivity (Wildman–Crippen MR) is 130 cm³/mol. The highest BCUT2D eigenvalue weighted by atomic mass is 16.4. The summed E-state index contributed by atoms with van der Waals surface area (Å²) in [5.41, 5.74) is 7.47. The van der Waals surface area contributed by atoms with Crippen molar-refractivity contribution in [1.82, 2.24) is 15.2 Å². The molecule has 1 amide bonds. The van der Waals surface area contributed by atoms with E-state index in [-0.39, 0.29) is 24.5 Å². The van der Waals surface area contributed by atoms with Gasteiger partial charge in [-0.3, -0.25) is 15.0 Å². The molecule has 2 aromatic carbocycles. The average Bonchev–Trinajstić information content (AvgIpc) is 2.83. The van der Waals surface area contributed by atoms with Crippen LogP contribution >= 0.6 is 0 Å². The summed E-state index contributed by atoms with van der Waals surface area (Å²) in [4.78, 5) is 37.4. The zero-order chi connectivity index (χ0) is 24.5. The van der Waals surface area contributed by atoms with E-state index in [1.54, 1.807) is 12.3 Å². The SMILES string of the molecule is N=C(N)NCCC[C@H](NC(=O)c1cccn(Cc2ccccc2-c2ccccc2)c1=O)C(=O)O. The van der Waals surface area contributed by atoms with E-state index in [4.69, 9.17) is 11.1 Å². The van der Waals surface area contributed by atoms with Crippen LogP contribution in [0.4, 0.5) is 0 Å². The molecule has 0 saturated heterocycles. The fourth-order valence-electron chi connectivity index (χ4n) is 3.60. The Morgan fingerprint density at radius 1 is 1.03 bits per heavy atom. The zero-order valence-electron chi connectivity index (χ0n) is 18.5. The summed E-state index contributed by atoms with van der Waals surface area (Å²) in [6.07, 6.45) is 2.09. The van der Waals surface area contributed by atoms with E-state index in [1.165, 1.54) is 10.6 Å². The number of nitrogens with one attached hydrogen (secondary N) is 3. The van der Waals surface area contributed by atoms with Crippen LogP contribution in [0.15, 0.2) is 77.7 Å². The Balaban J connectivity index is 1.77. The number of guanidine groups is 1. The van der Waals surface area contributed by atoms with Gasteiger partial charge in [-0.25, -0.2) is 4.79 Å². The van der Waals surface area contributed by atoms with Crippen molar-refractivity contribution in [3.05, 3.63) is 94.4 Å². The number of hydrogen-bond donors (Lipinski definition) is 5. The van der Waals surface area contributed by atoms with Gasteiger partial charge in [-0.15, -0.1) is 0 Å². The Kier molecular flexibility index (Phi) is 8.17. The second-order valence-electron chi connectivity index (χ2n) is 7.73. The molecule has 6 N–H and O–H groups in total. The first-order chi connectivity index (χ1) is 16.4. The maximum atomic E-state index is 13.1. The summed E-state index contributed by atoms with van der Waals surface area (Å²) < 4.78 is 1.43. The van der Waals surface area contributed by atoms with E-state index < -0.39 is 23.5 Å². The first-order valence-electron chi connectivity index (χ1n) is 10.8. The lowest BCUT2D eigenvalue weighted by molar-refractivity contribution is -0.139. The number of carbonyl (C=O) groups is 2. The molecule has 0 radical (unpaired) electrons. The third kappa shape index (κ3) is 6.32. The lowest BCUT2D eigenvalue weighted by Crippen LogP contribution is -2.43. The predicted octanol–water partition coefficient (Wildman–Crippen LogP) is 2.01. The first-order valence-corrected chi connectivity index (χ1v) is 10.8. The van der Waals surface area contributed by atoms with Gasteiger partial charge in [-0.05, 0) is 41.7 Å². The van der Waals surface area contributed by atoms with Crippen LogP contribution in [0.5, 0.6) is 0 Å². The molecule has 0 aliphatic rings. The molecule has 0 fully saturated rings. The maximum Gasteiger partial charge on any atom is 0.326 e. The Morgan fingerprint density at radius 3 is 2.44 bits per heavy atom. The number of carbonyl (C=O) groups excluding carboxylic acids is 1. The number of carboxylic acid groups (broad SMARTS) is 1. The van der Waals surface area contributed by atoms with E-state index >= 15 is 0 Å². The van der Waals surface area contributed by atoms with Crippen molar-refractivity contribution < 1.29 is 14.7 Å². The molecule has 9 heteroatoms. The van der Waals surface area contributed by atoms with Gasteiger partial charge in [0.25, 0.3) is 11.5 Å². The summed E-state index contributed by atoms with van der Waals surface area (Å²) >= 11 is 0. The Morgan fingerprint density at radius 2 is 1.74 bits per heavy atom. The van der Waals surface area contributed by atoms with Crippen molar-refractivity contribution in [3.63, 3.8) is 0 Å². The van der Waals surface area contributed by atoms with Crippen LogP contribution in [-0.2, 0) is 11.3 Å². The van der Waals surface area contributed by atoms with Crippen LogP contribution in [0, 0.1) is 5.41 Å². The molecule has 0 bridgehead atoms. The molecule has 0 aliphatic heterocycles. The van der Waals surface area contributed by atoms with Crippen molar-refractivity contribution in [2.45, 2.75) is 25.4 Å². The summed E-state index contributed by atoms with van der Waals surface area (Å²) in [5, 5.41) is 21.6. The number of hydrogen-bond acceptors (Lipinski definition) is 4. The zero-order valence-corrected chi connectivity index (χ0v) is 18.5. The monoisotopic (exact) mass is 461 g/mol. The van der Waals surface area contributed by atoms with Gasteiger partial charge in [0.1, 0.15) is 11.6 Å². The molecule has 0 saturated carbocycles. The normalized spacial score (nSPS) is 11.4. The topological polar surface area (TPSA) is 150 Å². The lowest BCUT2D eigenvalue weighted by atomic mass is 9.99. The van der Waals surface area contributed by atoms with Crippen LogP contribution < -0.4 is 21.9 Å². The van der Waals surface area contributed by atoms with E-state index in [1.807, 2.05) is 54.6 Å². The fourth-order valence-corrected chi connectivity index (χ4v) is 3.60. The van der Waals surface area contributed by atoms with E-state index in [9.17, 15) is 19.5 Å². The number of nitrogens with two attached hydrogens (primary N) is 1. The molecule has 0 unspecified atom stereocenters. The van der Waals surface area contributed by atoms with Crippen molar-refractivity contribution in [2.24, 2.45) is 5.73 Å². The quantitative estimate of drug-likeness (QED) is 0.177. The number of aliphatic carboxylic acids is 1. The molecule has 0 spiro atoms. The van der Waals surface area contributed by atoms with E-state index in [0.717, 1.165) is 16.7 Å². The Hall–Kier alpha value is -4.40. The average molecular weight is 462 g/mol. The molecular weight excluding hydrogens is 434 g/mol. The van der Waals surface area contributed by atoms with Crippen molar-refractivity contribution in [2.75, 3.05) is 6.54 Å². The summed E-state index contributed by atoms with van der Waals surface area (Å²) in [6, 6.07) is 19.3. The van der Waals surface area contributed by atoms with Crippen LogP contribution in [0.25, 0.3) is 11.1 Å². The second-order valence-corrected chi connectivity index (χ2v) is 7.73. The largest absolute Gasteiger partial charge is 0.480 e. The van der Waals surface area contributed by atoms with Gasteiger partial charge in [0.15, 0.2) is 5.96 Å². The van der Waals surface area contributed by atoms with Gasteiger partial charge in [0.2, 0.25) is 0 Å². The summed E-state index contributed by atoms with van der Waals surface area (Å²) in [6.45, 7) is 0.554. The molecule has 3 aromatic rings. The molecule has 1 heterocycles. The fraction of sp³-hybridized carbons (Fsp3) is 0.200. The van der Waals surface area contributed by atoms with Crippen molar-refractivity contribution in [1.29, 1.82) is 5.41 Å². The van der Waals surface area contributed by atoms with E-state index in [0.29, 0.717) is 13.0 Å². The van der Waals surface area contributed by atoms with Gasteiger partial charge in [-0.1, -0.05) is 54.6 Å². The van der Waals surface area contributed by atoms with Crippen molar-refractivity contribution >= 4 is 17.8 Å². The van der Waals surface area contributed by atoms with Crippen molar-refractivity contribution in [3.8, 4) is 11.1 Å². The minimum Gasteiger partial charge on any atom is -0.480 e. The van der Waals surface area contributed by atoms with Gasteiger partial charge in [0, 0.05) is 12.7 Å². The van der Waals surface area contributed by atoms with E-state index in [2.05, 4.69) is 10.6 Å². The Labute approximate surface area is 196 Å². The van der Waals surface area contributed by atoms with Gasteiger partial charge < -0.3 is 26.0 Å². The number of carboxylic acids is 1. The molecule has 3 rings (SSSR count). The standard InChI is InChI=1S/C25H27N5O4/c26-25(27)28-14-6-13-21(24(33)34)29-22(31)20-12-7-15-30(23(20)32)16-18-10-4-5-11-19(18)17-8-2-1-3-9-17/h1-5,7-12,15,21H,6,13-14,16H2,(H,29,31)(H,33,34)(H4,26,27,28)/t21-/m0/s1. The minimum absolute atomic E-state index is 0.118. The molecule has 176 valence electrons.